The quantitative estimate of drug-likeness (QED) is 0.673. The Morgan fingerprint density at radius 3 is 2.83 bits per heavy atom. The van der Waals surface area contributed by atoms with E-state index in [0.717, 1.165) is 5.75 Å². The largest absolute Gasteiger partial charge is 0.497 e. The monoisotopic (exact) mass is 357 g/mol. The maximum atomic E-state index is 12.2. The average molecular weight is 357 g/mol. The van der Waals surface area contributed by atoms with Gasteiger partial charge in [-0.25, -0.2) is 0 Å². The molecule has 122 valence electrons. The number of nitrogens with zero attached hydrogens (tertiary/aromatic N) is 2. The number of carbonyl (C=O) groups excluding carboxylic acids is 1. The first-order chi connectivity index (χ1) is 11.7. The lowest BCUT2D eigenvalue weighted by Crippen LogP contribution is -2.11. The summed E-state index contributed by atoms with van der Waals surface area (Å²) in [6, 6.07) is 17.1. The molecule has 0 saturated carbocycles. The summed E-state index contributed by atoms with van der Waals surface area (Å²) >= 11 is 2.71. The van der Waals surface area contributed by atoms with Crippen LogP contribution in [-0.2, 0) is 5.75 Å². The summed E-state index contributed by atoms with van der Waals surface area (Å²) in [6.45, 7) is 0. The Labute approximate surface area is 148 Å². The van der Waals surface area contributed by atoms with E-state index in [-0.39, 0.29) is 5.91 Å². The molecule has 0 unspecified atom stereocenters. The molecule has 3 aromatic rings. The maximum absolute atomic E-state index is 12.2. The predicted octanol–water partition coefficient (Wildman–Crippen LogP) is 4.09. The molecule has 24 heavy (non-hydrogen) atoms. The number of aromatic nitrogens is 2. The van der Waals surface area contributed by atoms with Gasteiger partial charge in [-0.2, -0.15) is 9.36 Å². The molecule has 1 N–H and O–H groups in total. The molecule has 0 aliphatic carbocycles. The van der Waals surface area contributed by atoms with Gasteiger partial charge in [-0.3, -0.25) is 10.1 Å². The highest BCUT2D eigenvalue weighted by molar-refractivity contribution is 7.98. The van der Waals surface area contributed by atoms with Crippen molar-refractivity contribution in [1.82, 2.24) is 9.36 Å². The van der Waals surface area contributed by atoms with E-state index >= 15 is 0 Å². The van der Waals surface area contributed by atoms with Crippen LogP contribution in [0.25, 0.3) is 0 Å². The molecule has 2 aromatic carbocycles. The molecular weight excluding hydrogens is 342 g/mol. The summed E-state index contributed by atoms with van der Waals surface area (Å²) in [5.74, 6) is 1.20. The molecule has 0 radical (unpaired) electrons. The predicted molar refractivity (Wildman–Crippen MR) is 96.9 cm³/mol. The molecule has 1 amide bonds. The molecule has 1 aromatic heterocycles. The van der Waals surface area contributed by atoms with Gasteiger partial charge >= 0.3 is 0 Å². The smallest absolute Gasteiger partial charge is 0.257 e. The van der Waals surface area contributed by atoms with Gasteiger partial charge < -0.3 is 4.74 Å². The molecule has 3 rings (SSSR count). The highest BCUT2D eigenvalue weighted by atomic mass is 32.2. The number of hydrogen-bond donors (Lipinski definition) is 1. The van der Waals surface area contributed by atoms with Crippen molar-refractivity contribution in [2.24, 2.45) is 0 Å². The van der Waals surface area contributed by atoms with Crippen molar-refractivity contribution in [1.29, 1.82) is 0 Å². The molecule has 0 aliphatic rings. The van der Waals surface area contributed by atoms with E-state index in [1.807, 2.05) is 18.2 Å². The van der Waals surface area contributed by atoms with Gasteiger partial charge in [0.1, 0.15) is 5.75 Å². The lowest BCUT2D eigenvalue weighted by Gasteiger charge is -2.03. The van der Waals surface area contributed by atoms with Crippen LogP contribution in [0.1, 0.15) is 15.9 Å². The number of methoxy groups -OCH3 is 1. The Morgan fingerprint density at radius 2 is 2.04 bits per heavy atom. The lowest BCUT2D eigenvalue weighted by molar-refractivity contribution is 0.102. The number of amides is 1. The first-order valence-corrected chi connectivity index (χ1v) is 8.96. The molecule has 0 bridgehead atoms. The third-order valence-electron chi connectivity index (χ3n) is 3.17. The summed E-state index contributed by atoms with van der Waals surface area (Å²) in [6.07, 6.45) is 0. The minimum atomic E-state index is -0.232. The maximum Gasteiger partial charge on any atom is 0.257 e. The molecule has 1 heterocycles. The molecule has 7 heteroatoms. The average Bonchev–Trinajstić information content (AvgIpc) is 3.08. The zero-order chi connectivity index (χ0) is 16.8. The van der Waals surface area contributed by atoms with Crippen LogP contribution in [0.3, 0.4) is 0 Å². The summed E-state index contributed by atoms with van der Waals surface area (Å²) in [5.41, 5.74) is 1.72. The minimum absolute atomic E-state index is 0.232. The second-order valence-corrected chi connectivity index (χ2v) is 6.54. The molecule has 0 aliphatic heterocycles. The van der Waals surface area contributed by atoms with E-state index < -0.39 is 0 Å². The highest BCUT2D eigenvalue weighted by Crippen LogP contribution is 2.24. The SMILES string of the molecule is COc1cccc(C(=O)Nc2nc(SCc3ccccc3)ns2)c1. The first-order valence-electron chi connectivity index (χ1n) is 7.20. The van der Waals surface area contributed by atoms with Gasteiger partial charge in [-0.05, 0) is 23.8 Å². The van der Waals surface area contributed by atoms with Gasteiger partial charge in [0.2, 0.25) is 10.3 Å². The summed E-state index contributed by atoms with van der Waals surface area (Å²) in [4.78, 5) is 16.6. The minimum Gasteiger partial charge on any atom is -0.497 e. The van der Waals surface area contributed by atoms with Gasteiger partial charge in [-0.15, -0.1) is 0 Å². The molecule has 0 fully saturated rings. The molecular formula is C17H15N3O2S2. The zero-order valence-corrected chi connectivity index (χ0v) is 14.6. The summed E-state index contributed by atoms with van der Waals surface area (Å²) in [5, 5.41) is 3.91. The van der Waals surface area contributed by atoms with Gasteiger partial charge in [0.25, 0.3) is 5.91 Å². The van der Waals surface area contributed by atoms with Crippen LogP contribution < -0.4 is 10.1 Å². The Balaban J connectivity index is 1.60. The van der Waals surface area contributed by atoms with Crippen molar-refractivity contribution < 1.29 is 9.53 Å². The van der Waals surface area contributed by atoms with Gasteiger partial charge in [0, 0.05) is 22.8 Å². The Morgan fingerprint density at radius 1 is 1.21 bits per heavy atom. The number of rotatable bonds is 6. The Kier molecular flexibility index (Phi) is 5.45. The van der Waals surface area contributed by atoms with E-state index in [1.165, 1.54) is 17.1 Å². The van der Waals surface area contributed by atoms with Crippen molar-refractivity contribution in [3.05, 3.63) is 65.7 Å². The number of anilines is 1. The van der Waals surface area contributed by atoms with Crippen LogP contribution >= 0.6 is 23.3 Å². The normalized spacial score (nSPS) is 10.4. The molecule has 0 atom stereocenters. The van der Waals surface area contributed by atoms with Crippen LogP contribution in [0.15, 0.2) is 59.8 Å². The van der Waals surface area contributed by atoms with Crippen molar-refractivity contribution in [2.45, 2.75) is 10.9 Å². The third kappa shape index (κ3) is 4.33. The van der Waals surface area contributed by atoms with Gasteiger partial charge in [-0.1, -0.05) is 48.2 Å². The van der Waals surface area contributed by atoms with Crippen LogP contribution in [0.5, 0.6) is 5.75 Å². The number of thioether (sulfide) groups is 1. The van der Waals surface area contributed by atoms with Crippen molar-refractivity contribution in [3.63, 3.8) is 0 Å². The van der Waals surface area contributed by atoms with E-state index in [9.17, 15) is 4.79 Å². The fraction of sp³-hybridized carbons (Fsp3) is 0.118. The third-order valence-corrected chi connectivity index (χ3v) is 4.84. The number of ether oxygens (including phenoxy) is 1. The number of hydrogen-bond acceptors (Lipinski definition) is 6. The standard InChI is InChI=1S/C17H15N3O2S2/c1-22-14-9-5-8-13(10-14)15(21)18-16-19-17(20-24-16)23-11-12-6-3-2-4-7-12/h2-10H,11H2,1H3,(H,18,19,20,21). The Hall–Kier alpha value is -2.38. The van der Waals surface area contributed by atoms with Crippen molar-refractivity contribution in [3.8, 4) is 5.75 Å². The van der Waals surface area contributed by atoms with Crippen LogP contribution in [0.2, 0.25) is 0 Å². The number of nitrogens with one attached hydrogen (secondary N) is 1. The fourth-order valence-electron chi connectivity index (χ4n) is 1.98. The van der Waals surface area contributed by atoms with Crippen LogP contribution in [0.4, 0.5) is 5.13 Å². The highest BCUT2D eigenvalue weighted by Gasteiger charge is 2.11. The molecule has 0 saturated heterocycles. The Bertz CT molecular complexity index is 821. The zero-order valence-electron chi connectivity index (χ0n) is 12.9. The summed E-state index contributed by atoms with van der Waals surface area (Å²) in [7, 11) is 1.57. The number of carbonyl (C=O) groups is 1. The first kappa shape index (κ1) is 16.5. The lowest BCUT2D eigenvalue weighted by atomic mass is 10.2. The summed E-state index contributed by atoms with van der Waals surface area (Å²) < 4.78 is 9.39. The van der Waals surface area contributed by atoms with Crippen molar-refractivity contribution >= 4 is 34.3 Å². The van der Waals surface area contributed by atoms with Crippen LogP contribution in [-0.4, -0.2) is 22.4 Å². The van der Waals surface area contributed by atoms with Crippen LogP contribution in [0, 0.1) is 0 Å². The van der Waals surface area contributed by atoms with Crippen molar-refractivity contribution in [2.75, 3.05) is 12.4 Å². The number of benzene rings is 2. The van der Waals surface area contributed by atoms with E-state index in [4.69, 9.17) is 4.74 Å². The molecule has 5 nitrogen and oxygen atoms in total. The second-order valence-electron chi connectivity index (χ2n) is 4.84. The topological polar surface area (TPSA) is 64.1 Å². The van der Waals surface area contributed by atoms with E-state index in [1.54, 1.807) is 43.1 Å². The van der Waals surface area contributed by atoms with E-state index in [2.05, 4.69) is 26.8 Å². The second kappa shape index (κ2) is 7.94. The van der Waals surface area contributed by atoms with E-state index in [0.29, 0.717) is 21.6 Å². The van der Waals surface area contributed by atoms with Gasteiger partial charge in [0.15, 0.2) is 0 Å². The fourth-order valence-corrected chi connectivity index (χ4v) is 3.47. The molecule has 0 spiro atoms. The van der Waals surface area contributed by atoms with Gasteiger partial charge in [0.05, 0.1) is 7.11 Å².